The standard InChI is InChI=1S/C20H19N5O2/c1-13-12-16(14-8-4-3-5-9-14)25-20(21-13)23-19(24-25)22-18(26)15-10-6-7-11-17(15)27-2/h3-12,16H,1-2H3,(H2,21,22,23,24,26)/t16-/m1/s1. The fraction of sp³-hybridized carbons (Fsp3) is 0.150. The van der Waals surface area contributed by atoms with Gasteiger partial charge in [0, 0.05) is 5.70 Å². The van der Waals surface area contributed by atoms with Crippen LogP contribution in [0.3, 0.4) is 0 Å². The van der Waals surface area contributed by atoms with E-state index in [9.17, 15) is 4.79 Å². The van der Waals surface area contributed by atoms with Crippen LogP contribution in [0.15, 0.2) is 66.4 Å². The number of benzene rings is 2. The maximum atomic E-state index is 12.6. The molecule has 27 heavy (non-hydrogen) atoms. The van der Waals surface area contributed by atoms with Crippen molar-refractivity contribution >= 4 is 17.8 Å². The van der Waals surface area contributed by atoms with Crippen molar-refractivity contribution < 1.29 is 9.53 Å². The maximum absolute atomic E-state index is 12.6. The highest BCUT2D eigenvalue weighted by Crippen LogP contribution is 2.29. The van der Waals surface area contributed by atoms with Crippen molar-refractivity contribution in [1.82, 2.24) is 14.8 Å². The molecule has 0 radical (unpaired) electrons. The van der Waals surface area contributed by atoms with E-state index in [1.807, 2.05) is 43.3 Å². The minimum Gasteiger partial charge on any atom is -0.496 e. The predicted molar refractivity (Wildman–Crippen MR) is 103 cm³/mol. The van der Waals surface area contributed by atoms with Gasteiger partial charge in [-0.05, 0) is 30.7 Å². The normalized spacial score (nSPS) is 15.3. The van der Waals surface area contributed by atoms with Gasteiger partial charge in [0.2, 0.25) is 5.95 Å². The molecule has 2 heterocycles. The first-order valence-corrected chi connectivity index (χ1v) is 8.57. The lowest BCUT2D eigenvalue weighted by Gasteiger charge is -2.22. The van der Waals surface area contributed by atoms with Gasteiger partial charge in [-0.1, -0.05) is 42.5 Å². The molecule has 0 saturated carbocycles. The number of fused-ring (bicyclic) bond motifs is 1. The Kier molecular flexibility index (Phi) is 4.33. The van der Waals surface area contributed by atoms with E-state index < -0.39 is 0 Å². The van der Waals surface area contributed by atoms with E-state index in [4.69, 9.17) is 4.74 Å². The van der Waals surface area contributed by atoms with E-state index in [-0.39, 0.29) is 17.9 Å². The Hall–Kier alpha value is -3.61. The number of amides is 1. The van der Waals surface area contributed by atoms with E-state index in [1.54, 1.807) is 22.9 Å². The summed E-state index contributed by atoms with van der Waals surface area (Å²) in [4.78, 5) is 17.0. The van der Waals surface area contributed by atoms with Gasteiger partial charge >= 0.3 is 0 Å². The molecule has 1 atom stereocenters. The van der Waals surface area contributed by atoms with Crippen molar-refractivity contribution in [2.24, 2.45) is 0 Å². The molecular formula is C20H19N5O2. The number of para-hydroxylation sites is 1. The zero-order chi connectivity index (χ0) is 18.8. The topological polar surface area (TPSA) is 81.1 Å². The zero-order valence-corrected chi connectivity index (χ0v) is 15.0. The van der Waals surface area contributed by atoms with Crippen molar-refractivity contribution in [1.29, 1.82) is 0 Å². The number of nitrogens with zero attached hydrogens (tertiary/aromatic N) is 3. The first-order valence-electron chi connectivity index (χ1n) is 8.57. The number of rotatable bonds is 4. The van der Waals surface area contributed by atoms with E-state index in [0.717, 1.165) is 11.3 Å². The van der Waals surface area contributed by atoms with Crippen molar-refractivity contribution in [3.05, 3.63) is 77.5 Å². The molecule has 0 bridgehead atoms. The molecular weight excluding hydrogens is 342 g/mol. The van der Waals surface area contributed by atoms with Gasteiger partial charge in [0.15, 0.2) is 0 Å². The van der Waals surface area contributed by atoms with Crippen LogP contribution in [0, 0.1) is 0 Å². The van der Waals surface area contributed by atoms with Crippen LogP contribution in [-0.4, -0.2) is 27.8 Å². The second-order valence-electron chi connectivity index (χ2n) is 6.19. The number of hydrogen-bond donors (Lipinski definition) is 2. The van der Waals surface area contributed by atoms with Gasteiger partial charge in [0.05, 0.1) is 12.7 Å². The molecule has 0 saturated heterocycles. The lowest BCUT2D eigenvalue weighted by atomic mass is 10.1. The summed E-state index contributed by atoms with van der Waals surface area (Å²) in [5, 5.41) is 10.4. The lowest BCUT2D eigenvalue weighted by Crippen LogP contribution is -2.19. The number of nitrogens with one attached hydrogen (secondary N) is 2. The number of anilines is 2. The molecule has 0 fully saturated rings. The summed E-state index contributed by atoms with van der Waals surface area (Å²) in [5.41, 5.74) is 2.49. The molecule has 1 aliphatic rings. The van der Waals surface area contributed by atoms with Crippen LogP contribution in [0.2, 0.25) is 0 Å². The van der Waals surface area contributed by atoms with Crippen LogP contribution < -0.4 is 15.4 Å². The minimum atomic E-state index is -0.323. The Labute approximate surface area is 156 Å². The molecule has 1 aliphatic heterocycles. The van der Waals surface area contributed by atoms with Gasteiger partial charge in [-0.2, -0.15) is 4.98 Å². The summed E-state index contributed by atoms with van der Waals surface area (Å²) < 4.78 is 7.01. The Balaban J connectivity index is 1.63. The smallest absolute Gasteiger partial charge is 0.261 e. The minimum absolute atomic E-state index is 0.0909. The molecule has 3 aromatic rings. The van der Waals surface area contributed by atoms with Gasteiger partial charge in [-0.3, -0.25) is 10.1 Å². The summed E-state index contributed by atoms with van der Waals surface area (Å²) in [5.74, 6) is 0.990. The molecule has 7 heteroatoms. The van der Waals surface area contributed by atoms with Crippen LogP contribution in [0.5, 0.6) is 5.75 Å². The predicted octanol–water partition coefficient (Wildman–Crippen LogP) is 3.46. The number of methoxy groups -OCH3 is 1. The van der Waals surface area contributed by atoms with Gasteiger partial charge in [-0.15, -0.1) is 5.10 Å². The average molecular weight is 361 g/mol. The van der Waals surface area contributed by atoms with Crippen molar-refractivity contribution in [2.45, 2.75) is 13.0 Å². The van der Waals surface area contributed by atoms with Crippen LogP contribution in [0.4, 0.5) is 11.9 Å². The third kappa shape index (κ3) is 3.27. The third-order valence-corrected chi connectivity index (χ3v) is 4.33. The monoisotopic (exact) mass is 361 g/mol. The summed E-state index contributed by atoms with van der Waals surface area (Å²) in [6.07, 6.45) is 2.07. The summed E-state index contributed by atoms with van der Waals surface area (Å²) >= 11 is 0. The number of aromatic nitrogens is 3. The summed E-state index contributed by atoms with van der Waals surface area (Å²) in [6.45, 7) is 1.97. The van der Waals surface area contributed by atoms with E-state index in [0.29, 0.717) is 17.3 Å². The number of allylic oxidation sites excluding steroid dienone is 2. The molecule has 4 rings (SSSR count). The van der Waals surface area contributed by atoms with Crippen LogP contribution in [0.1, 0.15) is 28.9 Å². The maximum Gasteiger partial charge on any atom is 0.261 e. The first-order chi connectivity index (χ1) is 13.2. The van der Waals surface area contributed by atoms with Gasteiger partial charge in [0.25, 0.3) is 11.9 Å². The molecule has 2 N–H and O–H groups in total. The number of ether oxygens (including phenoxy) is 1. The van der Waals surface area contributed by atoms with Gasteiger partial charge in [0.1, 0.15) is 11.8 Å². The highest BCUT2D eigenvalue weighted by atomic mass is 16.5. The fourth-order valence-corrected chi connectivity index (χ4v) is 3.07. The Morgan fingerprint density at radius 3 is 2.67 bits per heavy atom. The molecule has 0 aliphatic carbocycles. The molecule has 0 unspecified atom stereocenters. The Bertz CT molecular complexity index is 1010. The van der Waals surface area contributed by atoms with E-state index in [1.165, 1.54) is 7.11 Å². The van der Waals surface area contributed by atoms with Crippen molar-refractivity contribution in [3.8, 4) is 5.75 Å². The number of carbonyl (C=O) groups is 1. The molecule has 136 valence electrons. The zero-order valence-electron chi connectivity index (χ0n) is 15.0. The fourth-order valence-electron chi connectivity index (χ4n) is 3.07. The molecule has 7 nitrogen and oxygen atoms in total. The highest BCUT2D eigenvalue weighted by molar-refractivity contribution is 6.05. The Morgan fingerprint density at radius 2 is 1.89 bits per heavy atom. The second kappa shape index (κ2) is 6.95. The highest BCUT2D eigenvalue weighted by Gasteiger charge is 2.24. The van der Waals surface area contributed by atoms with Crippen molar-refractivity contribution in [2.75, 3.05) is 17.7 Å². The number of carbonyl (C=O) groups excluding carboxylic acids is 1. The molecule has 1 amide bonds. The average Bonchev–Trinajstić information content (AvgIpc) is 3.09. The van der Waals surface area contributed by atoms with Crippen LogP contribution >= 0.6 is 0 Å². The quantitative estimate of drug-likeness (QED) is 0.744. The third-order valence-electron chi connectivity index (χ3n) is 4.33. The van der Waals surface area contributed by atoms with Crippen molar-refractivity contribution in [3.63, 3.8) is 0 Å². The van der Waals surface area contributed by atoms with E-state index in [2.05, 4.69) is 26.8 Å². The summed E-state index contributed by atoms with van der Waals surface area (Å²) in [6, 6.07) is 17.0. The SMILES string of the molecule is COc1ccccc1C(=O)Nc1nc2n(n1)[C@@H](c1ccccc1)C=C(C)N2. The molecule has 0 spiro atoms. The van der Waals surface area contributed by atoms with Crippen LogP contribution in [0.25, 0.3) is 0 Å². The second-order valence-corrected chi connectivity index (χ2v) is 6.19. The van der Waals surface area contributed by atoms with Gasteiger partial charge in [-0.25, -0.2) is 4.68 Å². The van der Waals surface area contributed by atoms with E-state index >= 15 is 0 Å². The molecule has 2 aromatic carbocycles. The largest absolute Gasteiger partial charge is 0.496 e. The lowest BCUT2D eigenvalue weighted by molar-refractivity contribution is 0.102. The number of hydrogen-bond acceptors (Lipinski definition) is 5. The molecule has 1 aromatic heterocycles. The van der Waals surface area contributed by atoms with Gasteiger partial charge < -0.3 is 10.1 Å². The van der Waals surface area contributed by atoms with Crippen LogP contribution in [-0.2, 0) is 0 Å². The summed E-state index contributed by atoms with van der Waals surface area (Å²) in [7, 11) is 1.53. The first kappa shape index (κ1) is 16.8. The Morgan fingerprint density at radius 1 is 1.15 bits per heavy atom.